The van der Waals surface area contributed by atoms with Crippen LogP contribution in [0.5, 0.6) is 0 Å². The molecule has 1 atom stereocenters. The van der Waals surface area contributed by atoms with Crippen LogP contribution in [-0.4, -0.2) is 38.4 Å². The Bertz CT molecular complexity index is 599. The van der Waals surface area contributed by atoms with Gasteiger partial charge in [0, 0.05) is 25.6 Å². The lowest BCUT2D eigenvalue weighted by molar-refractivity contribution is -0.121. The predicted octanol–water partition coefficient (Wildman–Crippen LogP) is 0.778. The molecule has 0 bridgehead atoms. The molecular formula is C15H22N2O3S. The number of rotatable bonds is 6. The molecule has 1 unspecified atom stereocenters. The lowest BCUT2D eigenvalue weighted by Crippen LogP contribution is -2.34. The van der Waals surface area contributed by atoms with Crippen molar-refractivity contribution in [3.05, 3.63) is 35.4 Å². The van der Waals surface area contributed by atoms with Crippen molar-refractivity contribution in [3.63, 3.8) is 0 Å². The van der Waals surface area contributed by atoms with Crippen LogP contribution in [-0.2, 0) is 21.2 Å². The SMILES string of the molecule is Cc1cccc(CNC(=O)CCNC2CCS(=O)(=O)C2)c1. The fourth-order valence-corrected chi connectivity index (χ4v) is 4.16. The van der Waals surface area contributed by atoms with Crippen molar-refractivity contribution in [1.82, 2.24) is 10.6 Å². The predicted molar refractivity (Wildman–Crippen MR) is 82.7 cm³/mol. The first-order valence-electron chi connectivity index (χ1n) is 7.21. The largest absolute Gasteiger partial charge is 0.352 e. The van der Waals surface area contributed by atoms with Crippen LogP contribution in [0.15, 0.2) is 24.3 Å². The van der Waals surface area contributed by atoms with Gasteiger partial charge in [0.15, 0.2) is 9.84 Å². The average Bonchev–Trinajstić information content (AvgIpc) is 2.76. The average molecular weight is 310 g/mol. The van der Waals surface area contributed by atoms with E-state index in [1.54, 1.807) is 0 Å². The Balaban J connectivity index is 1.64. The molecule has 1 heterocycles. The highest BCUT2D eigenvalue weighted by Gasteiger charge is 2.27. The highest BCUT2D eigenvalue weighted by atomic mass is 32.2. The van der Waals surface area contributed by atoms with E-state index >= 15 is 0 Å². The van der Waals surface area contributed by atoms with E-state index in [0.717, 1.165) is 5.56 Å². The first-order chi connectivity index (χ1) is 9.94. The molecule has 1 aromatic carbocycles. The van der Waals surface area contributed by atoms with Gasteiger partial charge in [-0.05, 0) is 18.9 Å². The number of nitrogens with one attached hydrogen (secondary N) is 2. The van der Waals surface area contributed by atoms with Gasteiger partial charge in [-0.25, -0.2) is 8.42 Å². The number of amides is 1. The van der Waals surface area contributed by atoms with Gasteiger partial charge in [0.1, 0.15) is 0 Å². The zero-order valence-electron chi connectivity index (χ0n) is 12.3. The maximum atomic E-state index is 11.7. The molecule has 0 saturated carbocycles. The molecule has 1 amide bonds. The molecule has 6 heteroatoms. The second-order valence-corrected chi connectivity index (χ2v) is 7.80. The topological polar surface area (TPSA) is 75.3 Å². The molecule has 0 radical (unpaired) electrons. The Morgan fingerprint density at radius 3 is 2.86 bits per heavy atom. The van der Waals surface area contributed by atoms with Gasteiger partial charge in [-0.1, -0.05) is 29.8 Å². The van der Waals surface area contributed by atoms with Crippen LogP contribution in [0, 0.1) is 6.92 Å². The molecule has 1 aliphatic rings. The van der Waals surface area contributed by atoms with Crippen LogP contribution in [0.25, 0.3) is 0 Å². The smallest absolute Gasteiger partial charge is 0.221 e. The molecule has 1 saturated heterocycles. The molecule has 0 aliphatic carbocycles. The zero-order chi connectivity index (χ0) is 15.3. The van der Waals surface area contributed by atoms with Crippen LogP contribution in [0.4, 0.5) is 0 Å². The minimum atomic E-state index is -2.86. The third-order valence-corrected chi connectivity index (χ3v) is 5.36. The summed E-state index contributed by atoms with van der Waals surface area (Å²) < 4.78 is 22.6. The summed E-state index contributed by atoms with van der Waals surface area (Å²) in [4.78, 5) is 11.7. The van der Waals surface area contributed by atoms with Crippen LogP contribution in [0.3, 0.4) is 0 Å². The molecule has 2 rings (SSSR count). The zero-order valence-corrected chi connectivity index (χ0v) is 13.1. The summed E-state index contributed by atoms with van der Waals surface area (Å²) in [6.07, 6.45) is 1.01. The summed E-state index contributed by atoms with van der Waals surface area (Å²) in [5.74, 6) is 0.423. The Morgan fingerprint density at radius 1 is 1.38 bits per heavy atom. The van der Waals surface area contributed by atoms with E-state index in [2.05, 4.69) is 10.6 Å². The van der Waals surface area contributed by atoms with Crippen molar-refractivity contribution in [2.45, 2.75) is 32.4 Å². The van der Waals surface area contributed by atoms with Crippen LogP contribution < -0.4 is 10.6 Å². The van der Waals surface area contributed by atoms with Crippen molar-refractivity contribution in [1.29, 1.82) is 0 Å². The molecule has 21 heavy (non-hydrogen) atoms. The Labute approximate surface area is 126 Å². The normalized spacial score (nSPS) is 20.3. The molecule has 0 spiro atoms. The minimum absolute atomic E-state index is 0.000395. The summed E-state index contributed by atoms with van der Waals surface area (Å²) in [6.45, 7) is 3.06. The molecule has 0 aromatic heterocycles. The number of sulfone groups is 1. The lowest BCUT2D eigenvalue weighted by atomic mass is 10.1. The van der Waals surface area contributed by atoms with E-state index in [0.29, 0.717) is 25.9 Å². The third kappa shape index (κ3) is 5.47. The molecule has 1 aromatic rings. The van der Waals surface area contributed by atoms with Gasteiger partial charge in [-0.2, -0.15) is 0 Å². The lowest BCUT2D eigenvalue weighted by Gasteiger charge is -2.10. The maximum Gasteiger partial charge on any atom is 0.221 e. The maximum absolute atomic E-state index is 11.7. The van der Waals surface area contributed by atoms with Gasteiger partial charge in [0.2, 0.25) is 5.91 Å². The van der Waals surface area contributed by atoms with Gasteiger partial charge < -0.3 is 10.6 Å². The second-order valence-electron chi connectivity index (χ2n) is 5.57. The van der Waals surface area contributed by atoms with Crippen LogP contribution in [0.1, 0.15) is 24.0 Å². The first-order valence-corrected chi connectivity index (χ1v) is 9.03. The standard InChI is InChI=1S/C15H22N2O3S/c1-12-3-2-4-13(9-12)10-17-15(18)5-7-16-14-6-8-21(19,20)11-14/h2-4,9,14,16H,5-8,10-11H2,1H3,(H,17,18). The number of carbonyl (C=O) groups excluding carboxylic acids is 1. The van der Waals surface area contributed by atoms with E-state index in [1.165, 1.54) is 5.56 Å². The van der Waals surface area contributed by atoms with Crippen LogP contribution in [0.2, 0.25) is 0 Å². The van der Waals surface area contributed by atoms with Crippen LogP contribution >= 0.6 is 0 Å². The fourth-order valence-electron chi connectivity index (χ4n) is 2.46. The summed E-state index contributed by atoms with van der Waals surface area (Å²) in [5.41, 5.74) is 2.25. The number of benzene rings is 1. The summed E-state index contributed by atoms with van der Waals surface area (Å²) in [5, 5.41) is 6.01. The quantitative estimate of drug-likeness (QED) is 0.814. The van der Waals surface area contributed by atoms with Crippen molar-refractivity contribution in [2.24, 2.45) is 0 Å². The minimum Gasteiger partial charge on any atom is -0.352 e. The highest BCUT2D eigenvalue weighted by molar-refractivity contribution is 7.91. The molecule has 5 nitrogen and oxygen atoms in total. The van der Waals surface area contributed by atoms with Gasteiger partial charge in [-0.15, -0.1) is 0 Å². The van der Waals surface area contributed by atoms with Gasteiger partial charge in [0.25, 0.3) is 0 Å². The summed E-state index contributed by atoms with van der Waals surface area (Å²) in [7, 11) is -2.86. The van der Waals surface area contributed by atoms with Crippen molar-refractivity contribution in [3.8, 4) is 0 Å². The van der Waals surface area contributed by atoms with Gasteiger partial charge in [0.05, 0.1) is 11.5 Å². The molecular weight excluding hydrogens is 288 g/mol. The molecule has 1 fully saturated rings. The van der Waals surface area contributed by atoms with Gasteiger partial charge >= 0.3 is 0 Å². The number of carbonyl (C=O) groups is 1. The monoisotopic (exact) mass is 310 g/mol. The van der Waals surface area contributed by atoms with E-state index in [4.69, 9.17) is 0 Å². The van der Waals surface area contributed by atoms with E-state index in [9.17, 15) is 13.2 Å². The first kappa shape index (κ1) is 16.0. The number of hydrogen-bond donors (Lipinski definition) is 2. The number of hydrogen-bond acceptors (Lipinski definition) is 4. The van der Waals surface area contributed by atoms with E-state index in [-0.39, 0.29) is 23.5 Å². The number of aryl methyl sites for hydroxylation is 1. The van der Waals surface area contributed by atoms with E-state index in [1.807, 2.05) is 31.2 Å². The second kappa shape index (κ2) is 7.04. The van der Waals surface area contributed by atoms with Crippen molar-refractivity contribution >= 4 is 15.7 Å². The fraction of sp³-hybridized carbons (Fsp3) is 0.533. The molecule has 116 valence electrons. The summed E-state index contributed by atoms with van der Waals surface area (Å²) in [6, 6.07) is 8.01. The molecule has 2 N–H and O–H groups in total. The Morgan fingerprint density at radius 2 is 2.19 bits per heavy atom. The van der Waals surface area contributed by atoms with E-state index < -0.39 is 9.84 Å². The Kier molecular flexibility index (Phi) is 5.36. The highest BCUT2D eigenvalue weighted by Crippen LogP contribution is 2.10. The Hall–Kier alpha value is -1.40. The van der Waals surface area contributed by atoms with Crippen molar-refractivity contribution in [2.75, 3.05) is 18.1 Å². The summed E-state index contributed by atoms with van der Waals surface area (Å²) >= 11 is 0. The van der Waals surface area contributed by atoms with Gasteiger partial charge in [-0.3, -0.25) is 4.79 Å². The molecule has 1 aliphatic heterocycles. The third-order valence-electron chi connectivity index (χ3n) is 3.59. The van der Waals surface area contributed by atoms with Crippen molar-refractivity contribution < 1.29 is 13.2 Å².